The standard InChI is InChI=1S/C12H15N3O5/c1-13-5-8-2-3-11(10(4-8)15(17)18)19-7-9-6-14-12(16)20-9/h2-4,9,13H,5-7H2,1H3,(H,14,16). The van der Waals surface area contributed by atoms with Crippen molar-refractivity contribution < 1.29 is 19.2 Å². The Hall–Kier alpha value is -2.35. The van der Waals surface area contributed by atoms with Gasteiger partial charge in [-0.1, -0.05) is 6.07 Å². The summed E-state index contributed by atoms with van der Waals surface area (Å²) in [6.45, 7) is 0.945. The van der Waals surface area contributed by atoms with E-state index < -0.39 is 17.1 Å². The van der Waals surface area contributed by atoms with Gasteiger partial charge in [0, 0.05) is 12.6 Å². The Kier molecular flexibility index (Phi) is 4.36. The maximum Gasteiger partial charge on any atom is 0.407 e. The van der Waals surface area contributed by atoms with Crippen LogP contribution in [0.1, 0.15) is 5.56 Å². The molecular weight excluding hydrogens is 266 g/mol. The smallest absolute Gasteiger partial charge is 0.407 e. The van der Waals surface area contributed by atoms with Gasteiger partial charge in [0.2, 0.25) is 0 Å². The van der Waals surface area contributed by atoms with Gasteiger partial charge in [-0.25, -0.2) is 4.79 Å². The van der Waals surface area contributed by atoms with E-state index in [1.54, 1.807) is 19.2 Å². The number of alkyl carbamates (subject to hydrolysis) is 1. The van der Waals surface area contributed by atoms with Crippen LogP contribution in [-0.2, 0) is 11.3 Å². The molecule has 1 saturated heterocycles. The highest BCUT2D eigenvalue weighted by atomic mass is 16.6. The zero-order chi connectivity index (χ0) is 14.5. The van der Waals surface area contributed by atoms with E-state index in [-0.39, 0.29) is 18.0 Å². The van der Waals surface area contributed by atoms with E-state index in [4.69, 9.17) is 9.47 Å². The van der Waals surface area contributed by atoms with E-state index in [1.807, 2.05) is 0 Å². The first-order chi connectivity index (χ1) is 9.60. The van der Waals surface area contributed by atoms with Gasteiger partial charge in [-0.15, -0.1) is 0 Å². The van der Waals surface area contributed by atoms with Crippen LogP contribution in [0.5, 0.6) is 5.75 Å². The highest BCUT2D eigenvalue weighted by Gasteiger charge is 2.24. The molecule has 20 heavy (non-hydrogen) atoms. The summed E-state index contributed by atoms with van der Waals surface area (Å²) in [6.07, 6.45) is -0.934. The Morgan fingerprint density at radius 1 is 1.60 bits per heavy atom. The second kappa shape index (κ2) is 6.20. The lowest BCUT2D eigenvalue weighted by Crippen LogP contribution is -2.22. The molecule has 1 aliphatic rings. The van der Waals surface area contributed by atoms with E-state index >= 15 is 0 Å². The molecule has 1 atom stereocenters. The Labute approximate surface area is 115 Å². The number of cyclic esters (lactones) is 1. The number of hydrogen-bond donors (Lipinski definition) is 2. The summed E-state index contributed by atoms with van der Waals surface area (Å²) in [5.41, 5.74) is 0.690. The average Bonchev–Trinajstić information content (AvgIpc) is 2.83. The topological polar surface area (TPSA) is 103 Å². The van der Waals surface area contributed by atoms with E-state index in [1.165, 1.54) is 6.07 Å². The summed E-state index contributed by atoms with van der Waals surface area (Å²) in [5.74, 6) is 0.165. The second-order valence-electron chi connectivity index (χ2n) is 4.31. The zero-order valence-electron chi connectivity index (χ0n) is 10.9. The van der Waals surface area contributed by atoms with Crippen molar-refractivity contribution in [3.63, 3.8) is 0 Å². The number of rotatable bonds is 6. The maximum atomic E-state index is 11.0. The van der Waals surface area contributed by atoms with Crippen LogP contribution in [0.3, 0.4) is 0 Å². The van der Waals surface area contributed by atoms with Gasteiger partial charge in [0.25, 0.3) is 0 Å². The van der Waals surface area contributed by atoms with Gasteiger partial charge < -0.3 is 20.1 Å². The van der Waals surface area contributed by atoms with Gasteiger partial charge in [0.05, 0.1) is 11.5 Å². The van der Waals surface area contributed by atoms with Crippen LogP contribution in [0.25, 0.3) is 0 Å². The molecule has 1 aromatic carbocycles. The average molecular weight is 281 g/mol. The highest BCUT2D eigenvalue weighted by Crippen LogP contribution is 2.28. The molecule has 1 fully saturated rings. The van der Waals surface area contributed by atoms with E-state index in [9.17, 15) is 14.9 Å². The predicted molar refractivity (Wildman–Crippen MR) is 69.6 cm³/mol. The molecule has 1 unspecified atom stereocenters. The number of amides is 1. The van der Waals surface area contributed by atoms with Crippen LogP contribution in [0.2, 0.25) is 0 Å². The van der Waals surface area contributed by atoms with Crippen LogP contribution in [0.15, 0.2) is 18.2 Å². The largest absolute Gasteiger partial charge is 0.483 e. The van der Waals surface area contributed by atoms with Crippen LogP contribution >= 0.6 is 0 Å². The predicted octanol–water partition coefficient (Wildman–Crippen LogP) is 0.801. The minimum absolute atomic E-state index is 0.0744. The Balaban J connectivity index is 2.06. The fourth-order valence-electron chi connectivity index (χ4n) is 1.85. The van der Waals surface area contributed by atoms with Crippen LogP contribution in [-0.4, -0.2) is 37.3 Å². The van der Waals surface area contributed by atoms with Crippen LogP contribution in [0, 0.1) is 10.1 Å². The number of carbonyl (C=O) groups excluding carboxylic acids is 1. The van der Waals surface area contributed by atoms with Crippen molar-refractivity contribution in [2.45, 2.75) is 12.6 Å². The number of nitro benzene ring substituents is 1. The van der Waals surface area contributed by atoms with Crippen molar-refractivity contribution in [3.05, 3.63) is 33.9 Å². The van der Waals surface area contributed by atoms with Crippen molar-refractivity contribution in [1.82, 2.24) is 10.6 Å². The van der Waals surface area contributed by atoms with Gasteiger partial charge in [0.1, 0.15) is 6.61 Å². The summed E-state index contributed by atoms with van der Waals surface area (Å²) < 4.78 is 10.3. The SMILES string of the molecule is CNCc1ccc(OCC2CNC(=O)O2)c([N+](=O)[O-])c1. The molecule has 1 amide bonds. The van der Waals surface area contributed by atoms with Crippen molar-refractivity contribution in [2.75, 3.05) is 20.2 Å². The van der Waals surface area contributed by atoms with E-state index in [0.29, 0.717) is 13.1 Å². The molecular formula is C12H15N3O5. The van der Waals surface area contributed by atoms with Crippen molar-refractivity contribution >= 4 is 11.8 Å². The van der Waals surface area contributed by atoms with Crippen molar-refractivity contribution in [1.29, 1.82) is 0 Å². The molecule has 0 radical (unpaired) electrons. The fourth-order valence-corrected chi connectivity index (χ4v) is 1.85. The lowest BCUT2D eigenvalue weighted by atomic mass is 10.2. The summed E-state index contributed by atoms with van der Waals surface area (Å²) in [5, 5.41) is 16.4. The number of hydrogen-bond acceptors (Lipinski definition) is 6. The fraction of sp³-hybridized carbons (Fsp3) is 0.417. The summed E-state index contributed by atoms with van der Waals surface area (Å²) in [7, 11) is 1.76. The van der Waals surface area contributed by atoms with Crippen LogP contribution in [0.4, 0.5) is 10.5 Å². The third-order valence-corrected chi connectivity index (χ3v) is 2.77. The number of carbonyl (C=O) groups is 1. The molecule has 1 aliphatic heterocycles. The van der Waals surface area contributed by atoms with E-state index in [0.717, 1.165) is 5.56 Å². The molecule has 0 saturated carbocycles. The van der Waals surface area contributed by atoms with Gasteiger partial charge in [0.15, 0.2) is 11.9 Å². The number of nitro groups is 1. The van der Waals surface area contributed by atoms with Crippen molar-refractivity contribution in [3.8, 4) is 5.75 Å². The van der Waals surface area contributed by atoms with Gasteiger partial charge in [-0.3, -0.25) is 10.1 Å². The molecule has 2 rings (SSSR count). The molecule has 8 heteroatoms. The summed E-state index contributed by atoms with van der Waals surface area (Å²) in [6, 6.07) is 4.76. The van der Waals surface area contributed by atoms with Gasteiger partial charge in [-0.2, -0.15) is 0 Å². The number of nitrogens with zero attached hydrogens (tertiary/aromatic N) is 1. The Morgan fingerprint density at radius 3 is 3.00 bits per heavy atom. The third kappa shape index (κ3) is 3.35. The minimum Gasteiger partial charge on any atom is -0.483 e. The quantitative estimate of drug-likeness (QED) is 0.590. The number of ether oxygens (including phenoxy) is 2. The summed E-state index contributed by atoms with van der Waals surface area (Å²) in [4.78, 5) is 21.4. The van der Waals surface area contributed by atoms with E-state index in [2.05, 4.69) is 10.6 Å². The number of nitrogens with one attached hydrogen (secondary N) is 2. The number of benzene rings is 1. The Bertz CT molecular complexity index is 520. The van der Waals surface area contributed by atoms with Crippen molar-refractivity contribution in [2.24, 2.45) is 0 Å². The lowest BCUT2D eigenvalue weighted by molar-refractivity contribution is -0.386. The monoisotopic (exact) mass is 281 g/mol. The second-order valence-corrected chi connectivity index (χ2v) is 4.31. The molecule has 0 spiro atoms. The molecule has 8 nitrogen and oxygen atoms in total. The molecule has 1 heterocycles. The first kappa shape index (κ1) is 14.1. The summed E-state index contributed by atoms with van der Waals surface area (Å²) >= 11 is 0. The molecule has 0 bridgehead atoms. The molecule has 2 N–H and O–H groups in total. The minimum atomic E-state index is -0.502. The highest BCUT2D eigenvalue weighted by molar-refractivity contribution is 5.69. The lowest BCUT2D eigenvalue weighted by Gasteiger charge is -2.11. The molecule has 108 valence electrons. The zero-order valence-corrected chi connectivity index (χ0v) is 10.9. The Morgan fingerprint density at radius 2 is 2.40 bits per heavy atom. The molecule has 0 aromatic heterocycles. The van der Waals surface area contributed by atoms with Gasteiger partial charge >= 0.3 is 11.8 Å². The maximum absolute atomic E-state index is 11.0. The van der Waals surface area contributed by atoms with Crippen LogP contribution < -0.4 is 15.4 Å². The van der Waals surface area contributed by atoms with Gasteiger partial charge in [-0.05, 0) is 18.7 Å². The normalized spacial score (nSPS) is 17.4. The first-order valence-electron chi connectivity index (χ1n) is 6.09. The third-order valence-electron chi connectivity index (χ3n) is 2.77. The molecule has 1 aromatic rings. The first-order valence-corrected chi connectivity index (χ1v) is 6.09. The molecule has 0 aliphatic carbocycles.